The maximum atomic E-state index is 11.5. The van der Waals surface area contributed by atoms with Crippen molar-refractivity contribution in [3.05, 3.63) is 53.9 Å². The molecule has 1 aromatic heterocycles. The highest BCUT2D eigenvalue weighted by molar-refractivity contribution is 7.90. The van der Waals surface area contributed by atoms with Gasteiger partial charge in [0, 0.05) is 42.5 Å². The Balaban J connectivity index is 1.87. The van der Waals surface area contributed by atoms with Crippen LogP contribution in [0.4, 0.5) is 5.69 Å². The second kappa shape index (κ2) is 6.37. The zero-order valence-corrected chi connectivity index (χ0v) is 15.4. The molecule has 3 aromatic rings. The minimum absolute atomic E-state index is 0.320. The van der Waals surface area contributed by atoms with Crippen LogP contribution in [0.25, 0.3) is 21.8 Å². The molecular formula is C18H18N2O2S2. The lowest BCUT2D eigenvalue weighted by Gasteiger charge is -2.11. The first kappa shape index (κ1) is 16.7. The van der Waals surface area contributed by atoms with Crippen LogP contribution in [0.1, 0.15) is 0 Å². The fraction of sp³-hybridized carbons (Fsp3) is 0.167. The van der Waals surface area contributed by atoms with E-state index in [4.69, 9.17) is 0 Å². The van der Waals surface area contributed by atoms with Crippen LogP contribution in [-0.4, -0.2) is 33.8 Å². The molecule has 0 bridgehead atoms. The van der Waals surface area contributed by atoms with E-state index in [1.807, 2.05) is 19.5 Å². The molecule has 1 heterocycles. The van der Waals surface area contributed by atoms with Crippen LogP contribution in [0, 0.1) is 0 Å². The number of aromatic nitrogens is 1. The molecule has 124 valence electrons. The van der Waals surface area contributed by atoms with Gasteiger partial charge in [-0.2, -0.15) is 0 Å². The first-order valence-electron chi connectivity index (χ1n) is 7.38. The zero-order chi connectivity index (χ0) is 17.3. The molecule has 0 radical (unpaired) electrons. The van der Waals surface area contributed by atoms with Gasteiger partial charge < -0.3 is 4.90 Å². The topological polar surface area (TPSA) is 50.3 Å². The molecule has 6 heteroatoms. The molecular weight excluding hydrogens is 340 g/mol. The summed E-state index contributed by atoms with van der Waals surface area (Å²) in [7, 11) is 0.849. The highest BCUT2D eigenvalue weighted by Crippen LogP contribution is 2.30. The molecule has 4 nitrogen and oxygen atoms in total. The van der Waals surface area contributed by atoms with E-state index in [2.05, 4.69) is 34.1 Å². The van der Waals surface area contributed by atoms with E-state index in [0.29, 0.717) is 4.90 Å². The van der Waals surface area contributed by atoms with Gasteiger partial charge >= 0.3 is 0 Å². The third kappa shape index (κ3) is 3.49. The van der Waals surface area contributed by atoms with E-state index in [0.717, 1.165) is 27.5 Å². The Bertz CT molecular complexity index is 941. The molecule has 0 aliphatic heterocycles. The number of rotatable bonds is 4. The van der Waals surface area contributed by atoms with Crippen LogP contribution in [0.15, 0.2) is 58.8 Å². The normalized spacial score (nSPS) is 11.5. The molecule has 0 N–H and O–H groups in total. The van der Waals surface area contributed by atoms with Crippen LogP contribution in [0.3, 0.4) is 0 Å². The van der Waals surface area contributed by atoms with Crippen molar-refractivity contribution in [3.63, 3.8) is 0 Å². The van der Waals surface area contributed by atoms with Crippen molar-refractivity contribution in [2.24, 2.45) is 0 Å². The molecule has 0 aliphatic rings. The number of hydrogen-bond donors (Lipinski definition) is 0. The molecule has 0 saturated heterocycles. The van der Waals surface area contributed by atoms with Crippen molar-refractivity contribution in [1.82, 2.24) is 4.98 Å². The van der Waals surface area contributed by atoms with Crippen molar-refractivity contribution >= 4 is 26.9 Å². The molecule has 3 rings (SSSR count). The van der Waals surface area contributed by atoms with Crippen molar-refractivity contribution in [2.75, 3.05) is 25.3 Å². The van der Waals surface area contributed by atoms with Gasteiger partial charge in [0.15, 0.2) is 9.84 Å². The number of hydrogen-bond acceptors (Lipinski definition) is 5. The van der Waals surface area contributed by atoms with Crippen LogP contribution in [-0.2, 0) is 9.84 Å². The van der Waals surface area contributed by atoms with E-state index in [1.54, 1.807) is 35.6 Å². The van der Waals surface area contributed by atoms with E-state index < -0.39 is 9.84 Å². The van der Waals surface area contributed by atoms with E-state index in [9.17, 15) is 8.42 Å². The molecule has 0 unspecified atom stereocenters. The second-order valence-corrected chi connectivity index (χ2v) is 8.65. The molecule has 0 atom stereocenters. The third-order valence-corrected chi connectivity index (χ3v) is 5.73. The lowest BCUT2D eigenvalue weighted by molar-refractivity contribution is 0.602. The fourth-order valence-electron chi connectivity index (χ4n) is 2.31. The summed E-state index contributed by atoms with van der Waals surface area (Å²) in [5, 5.41) is 2.94. The molecule has 0 amide bonds. The van der Waals surface area contributed by atoms with Gasteiger partial charge in [0.1, 0.15) is 5.01 Å². The summed E-state index contributed by atoms with van der Waals surface area (Å²) in [5.41, 5.74) is 3.98. The smallest absolute Gasteiger partial charge is 0.175 e. The maximum absolute atomic E-state index is 11.5. The molecule has 0 saturated carbocycles. The van der Waals surface area contributed by atoms with Crippen molar-refractivity contribution in [3.8, 4) is 21.8 Å². The fourth-order valence-corrected chi connectivity index (χ4v) is 3.78. The molecule has 0 spiro atoms. The summed E-state index contributed by atoms with van der Waals surface area (Å²) in [6.45, 7) is 0. The van der Waals surface area contributed by atoms with Crippen LogP contribution >= 0.6 is 11.3 Å². The minimum Gasteiger partial charge on any atom is -0.378 e. The van der Waals surface area contributed by atoms with Crippen LogP contribution in [0.5, 0.6) is 0 Å². The van der Waals surface area contributed by atoms with Crippen LogP contribution in [0.2, 0.25) is 0 Å². The number of anilines is 1. The molecule has 0 fully saturated rings. The lowest BCUT2D eigenvalue weighted by Crippen LogP contribution is -2.07. The van der Waals surface area contributed by atoms with Crippen molar-refractivity contribution in [1.29, 1.82) is 0 Å². The maximum Gasteiger partial charge on any atom is 0.175 e. The highest BCUT2D eigenvalue weighted by atomic mass is 32.2. The third-order valence-electron chi connectivity index (χ3n) is 3.71. The minimum atomic E-state index is -3.17. The van der Waals surface area contributed by atoms with Crippen molar-refractivity contribution < 1.29 is 8.42 Å². The van der Waals surface area contributed by atoms with Gasteiger partial charge in [-0.3, -0.25) is 0 Å². The van der Waals surface area contributed by atoms with Gasteiger partial charge in [0.25, 0.3) is 0 Å². The number of benzene rings is 2. The first-order valence-corrected chi connectivity index (χ1v) is 10.2. The average molecular weight is 358 g/mol. The Morgan fingerprint density at radius 2 is 1.50 bits per heavy atom. The summed E-state index contributed by atoms with van der Waals surface area (Å²) in [6, 6.07) is 15.1. The molecule has 2 aromatic carbocycles. The van der Waals surface area contributed by atoms with E-state index >= 15 is 0 Å². The van der Waals surface area contributed by atoms with Gasteiger partial charge in [-0.1, -0.05) is 12.1 Å². The number of sulfone groups is 1. The highest BCUT2D eigenvalue weighted by Gasteiger charge is 2.10. The van der Waals surface area contributed by atoms with Gasteiger partial charge in [0.2, 0.25) is 0 Å². The quantitative estimate of drug-likeness (QED) is 0.709. The molecule has 24 heavy (non-hydrogen) atoms. The van der Waals surface area contributed by atoms with Gasteiger partial charge in [-0.05, 0) is 36.4 Å². The summed E-state index contributed by atoms with van der Waals surface area (Å²) < 4.78 is 23.1. The predicted octanol–water partition coefficient (Wildman–Crippen LogP) is 3.95. The Morgan fingerprint density at radius 3 is 2.04 bits per heavy atom. The first-order chi connectivity index (χ1) is 11.3. The SMILES string of the molecule is CN(C)c1ccc(-c2nc(-c3ccc(S(C)(=O)=O)cc3)cs2)cc1. The van der Waals surface area contributed by atoms with E-state index in [-0.39, 0.29) is 0 Å². The van der Waals surface area contributed by atoms with E-state index in [1.165, 1.54) is 6.26 Å². The Morgan fingerprint density at radius 1 is 0.917 bits per heavy atom. The largest absolute Gasteiger partial charge is 0.378 e. The zero-order valence-electron chi connectivity index (χ0n) is 13.7. The summed E-state index contributed by atoms with van der Waals surface area (Å²) in [6.07, 6.45) is 1.21. The predicted molar refractivity (Wildman–Crippen MR) is 100 cm³/mol. The van der Waals surface area contributed by atoms with Gasteiger partial charge in [0.05, 0.1) is 10.6 Å². The average Bonchev–Trinajstić information content (AvgIpc) is 3.04. The second-order valence-electron chi connectivity index (χ2n) is 5.78. The Hall–Kier alpha value is -2.18. The number of nitrogens with zero attached hydrogens (tertiary/aromatic N) is 2. The van der Waals surface area contributed by atoms with Crippen molar-refractivity contribution in [2.45, 2.75) is 4.90 Å². The number of thiazole rings is 1. The Kier molecular flexibility index (Phi) is 4.43. The molecule has 0 aliphatic carbocycles. The summed E-state index contributed by atoms with van der Waals surface area (Å²) in [5.74, 6) is 0. The monoisotopic (exact) mass is 358 g/mol. The van der Waals surface area contributed by atoms with Crippen LogP contribution < -0.4 is 4.90 Å². The summed E-state index contributed by atoms with van der Waals surface area (Å²) >= 11 is 1.58. The van der Waals surface area contributed by atoms with Gasteiger partial charge in [-0.25, -0.2) is 13.4 Å². The summed E-state index contributed by atoms with van der Waals surface area (Å²) in [4.78, 5) is 7.05. The Labute approximate surface area is 146 Å². The standard InChI is InChI=1S/C18H18N2O2S2/c1-20(2)15-8-4-14(5-9-15)18-19-17(12-23-18)13-6-10-16(11-7-13)24(3,21)22/h4-12H,1-3H3. The van der Waals surface area contributed by atoms with Gasteiger partial charge in [-0.15, -0.1) is 11.3 Å². The lowest BCUT2D eigenvalue weighted by atomic mass is 10.2.